The van der Waals surface area contributed by atoms with Crippen molar-refractivity contribution >= 4 is 11.9 Å². The van der Waals surface area contributed by atoms with Gasteiger partial charge in [-0.05, 0) is 149 Å². The Morgan fingerprint density at radius 3 is 1.66 bits per heavy atom. The molecule has 4 aliphatic heterocycles. The van der Waals surface area contributed by atoms with Crippen molar-refractivity contribution in [3.05, 3.63) is 5.82 Å². The molecule has 5 rings (SSSR count). The number of morpholine rings is 1. The van der Waals surface area contributed by atoms with E-state index in [2.05, 4.69) is 133 Å². The molecule has 1 aromatic rings. The number of nitrogens with zero attached hydrogens (tertiary/aromatic N) is 8. The van der Waals surface area contributed by atoms with Crippen LogP contribution in [0.5, 0.6) is 0 Å². The molecule has 0 spiro atoms. The maximum Gasteiger partial charge on any atom is 0.354 e. The monoisotopic (exact) mass is 698 g/mol. The van der Waals surface area contributed by atoms with Gasteiger partial charge in [0.15, 0.2) is 0 Å². The third kappa shape index (κ3) is 8.16. The maximum absolute atomic E-state index is 5.74. The molecule has 1 aromatic heterocycles. The second-order valence-corrected chi connectivity index (χ2v) is 20.7. The van der Waals surface area contributed by atoms with Crippen LogP contribution in [0.25, 0.3) is 0 Å². The van der Waals surface area contributed by atoms with Crippen LogP contribution in [0.15, 0.2) is 0 Å². The van der Waals surface area contributed by atoms with E-state index in [1.54, 1.807) is 0 Å². The number of piperidine rings is 2. The van der Waals surface area contributed by atoms with Crippen LogP contribution >= 0.6 is 0 Å². The van der Waals surface area contributed by atoms with E-state index in [1.165, 1.54) is 50.9 Å². The summed E-state index contributed by atoms with van der Waals surface area (Å²) in [5.74, 6) is 3.22. The lowest BCUT2D eigenvalue weighted by atomic mass is 9.76. The molecule has 0 bridgehead atoms. The van der Waals surface area contributed by atoms with Gasteiger partial charge in [0.05, 0.1) is 38.3 Å². The van der Waals surface area contributed by atoms with Crippen LogP contribution in [0, 0.1) is 0 Å². The lowest BCUT2D eigenvalue weighted by molar-refractivity contribution is -0.753. The first-order valence-corrected chi connectivity index (χ1v) is 20.1. The van der Waals surface area contributed by atoms with E-state index < -0.39 is 0 Å². The zero-order chi connectivity index (χ0) is 37.1. The summed E-state index contributed by atoms with van der Waals surface area (Å²) in [6, 6.07) is 1.01. The minimum Gasteiger partial charge on any atom is -0.376 e. The zero-order valence-corrected chi connectivity index (χ0v) is 35.2. The van der Waals surface area contributed by atoms with Crippen molar-refractivity contribution in [1.82, 2.24) is 24.7 Å². The molecule has 0 N–H and O–H groups in total. The van der Waals surface area contributed by atoms with Crippen molar-refractivity contribution in [2.75, 3.05) is 63.3 Å². The van der Waals surface area contributed by atoms with Crippen molar-refractivity contribution in [3.8, 4) is 0 Å². The molecule has 0 unspecified atom stereocenters. The van der Waals surface area contributed by atoms with Crippen LogP contribution < -0.4 is 14.4 Å². The van der Waals surface area contributed by atoms with Gasteiger partial charge in [-0.15, -0.1) is 0 Å². The fraction of sp³-hybridized carbons (Fsp3) is 0.927. The van der Waals surface area contributed by atoms with Gasteiger partial charge in [-0.3, -0.25) is 19.6 Å². The number of unbranched alkanes of at least 4 members (excludes halogenated alkanes) is 3. The Labute approximate surface area is 307 Å². The highest BCUT2D eigenvalue weighted by Crippen LogP contribution is 2.42. The van der Waals surface area contributed by atoms with Gasteiger partial charge in [0.2, 0.25) is 5.82 Å². The van der Waals surface area contributed by atoms with Gasteiger partial charge in [0.1, 0.15) is 0 Å². The van der Waals surface area contributed by atoms with Crippen molar-refractivity contribution in [1.29, 1.82) is 0 Å². The second-order valence-electron chi connectivity index (χ2n) is 20.7. The summed E-state index contributed by atoms with van der Waals surface area (Å²) in [5, 5.41) is 0. The van der Waals surface area contributed by atoms with Crippen molar-refractivity contribution < 1.29 is 9.30 Å². The van der Waals surface area contributed by atoms with Crippen LogP contribution in [0.3, 0.4) is 0 Å². The van der Waals surface area contributed by atoms with Crippen LogP contribution in [0.2, 0.25) is 0 Å². The topological polar surface area (TPSA) is 55.1 Å². The molecule has 9 nitrogen and oxygen atoms in total. The number of fused-ring (bicyclic) bond motifs is 1. The number of anilines is 2. The molecule has 0 aromatic carbocycles. The first-order valence-electron chi connectivity index (χ1n) is 20.1. The second kappa shape index (κ2) is 14.0. The van der Waals surface area contributed by atoms with E-state index in [1.807, 2.05) is 0 Å². The minimum atomic E-state index is 0.0623. The molecule has 9 heteroatoms. The van der Waals surface area contributed by atoms with E-state index in [0.717, 1.165) is 64.1 Å². The molecule has 0 radical (unpaired) electrons. The van der Waals surface area contributed by atoms with Gasteiger partial charge in [-0.25, -0.2) is 4.57 Å². The number of rotatable bonds is 11. The molecule has 3 saturated heterocycles. The van der Waals surface area contributed by atoms with Crippen molar-refractivity contribution in [2.24, 2.45) is 0 Å². The number of likely N-dealkylation sites (tertiary alicyclic amines) is 2. The summed E-state index contributed by atoms with van der Waals surface area (Å²) in [5.41, 5.74) is 0.817. The Morgan fingerprint density at radius 2 is 1.18 bits per heavy atom. The molecule has 286 valence electrons. The predicted octanol–water partition coefficient (Wildman–Crippen LogP) is 6.66. The van der Waals surface area contributed by atoms with Gasteiger partial charge in [0.25, 0.3) is 0 Å². The molecular formula is C41H77N8O+. The first kappa shape index (κ1) is 39.7. The fourth-order valence-electron chi connectivity index (χ4n) is 10.1. The average molecular weight is 698 g/mol. The van der Waals surface area contributed by atoms with Gasteiger partial charge >= 0.3 is 11.9 Å². The SMILES string of the molecule is CN1C(C)(C)CC(N(CCCCCCN(C2CC(C)(C)N(C)C(C)(C)C2)C(C)(C)C)c2nc(N3CCOCC3)[n+]3c(n2)C(C)(C)C3)CC1(C)C. The Morgan fingerprint density at radius 1 is 0.700 bits per heavy atom. The number of ether oxygens (including phenoxy) is 1. The van der Waals surface area contributed by atoms with E-state index in [0.29, 0.717) is 12.1 Å². The third-order valence-corrected chi connectivity index (χ3v) is 13.5. The normalized spacial score (nSPS) is 25.4. The summed E-state index contributed by atoms with van der Waals surface area (Å²) in [6.07, 6.45) is 9.59. The molecule has 50 heavy (non-hydrogen) atoms. The van der Waals surface area contributed by atoms with Gasteiger partial charge < -0.3 is 9.64 Å². The van der Waals surface area contributed by atoms with Crippen LogP contribution in [0.1, 0.15) is 147 Å². The van der Waals surface area contributed by atoms with E-state index in [4.69, 9.17) is 14.7 Å². The molecule has 4 aliphatic rings. The third-order valence-electron chi connectivity index (χ3n) is 13.5. The van der Waals surface area contributed by atoms with Crippen LogP contribution in [-0.4, -0.2) is 118 Å². The maximum atomic E-state index is 5.74. The number of hydrogen-bond donors (Lipinski definition) is 0. The molecule has 0 saturated carbocycles. The summed E-state index contributed by atoms with van der Waals surface area (Å²) < 4.78 is 8.10. The summed E-state index contributed by atoms with van der Waals surface area (Å²) >= 11 is 0. The summed E-state index contributed by atoms with van der Waals surface area (Å²) in [4.78, 5) is 24.0. The van der Waals surface area contributed by atoms with E-state index in [-0.39, 0.29) is 33.1 Å². The highest BCUT2D eigenvalue weighted by Gasteiger charge is 2.50. The molecular weight excluding hydrogens is 621 g/mol. The highest BCUT2D eigenvalue weighted by molar-refractivity contribution is 5.39. The molecule has 3 fully saturated rings. The molecule has 5 heterocycles. The lowest BCUT2D eigenvalue weighted by Gasteiger charge is -2.57. The summed E-state index contributed by atoms with van der Waals surface area (Å²) in [6.45, 7) is 37.8. The Kier molecular flexibility index (Phi) is 11.1. The lowest BCUT2D eigenvalue weighted by Crippen LogP contribution is -2.66. The number of aromatic nitrogens is 3. The van der Waals surface area contributed by atoms with E-state index in [9.17, 15) is 0 Å². The Balaban J connectivity index is 1.32. The standard InChI is InChI=1S/C41H77N8O/c1-36(2,3)49(32-28-40(10,11)45(15)41(12,13)29-32)21-19-17-16-18-20-47(31-26-38(6,7)44(14)39(8,9)27-31)34-42-33-37(4,5)30-48(33)35(43-34)46-22-24-50-25-23-46/h31-32H,16-30H2,1-15H3/q+1. The quantitative estimate of drug-likeness (QED) is 0.188. The Hall–Kier alpha value is -1.55. The van der Waals surface area contributed by atoms with Gasteiger partial charge in [-0.2, -0.15) is 0 Å². The van der Waals surface area contributed by atoms with Crippen molar-refractivity contribution in [3.63, 3.8) is 0 Å². The smallest absolute Gasteiger partial charge is 0.354 e. The number of hydrogen-bond acceptors (Lipinski definition) is 8. The molecule has 0 amide bonds. The molecule has 0 aliphatic carbocycles. The van der Waals surface area contributed by atoms with Crippen LogP contribution in [-0.2, 0) is 16.7 Å². The van der Waals surface area contributed by atoms with Crippen LogP contribution in [0.4, 0.5) is 11.9 Å². The average Bonchev–Trinajstić information content (AvgIpc) is 2.99. The predicted molar refractivity (Wildman–Crippen MR) is 208 cm³/mol. The largest absolute Gasteiger partial charge is 0.376 e. The van der Waals surface area contributed by atoms with Gasteiger partial charge in [-0.1, -0.05) is 22.8 Å². The van der Waals surface area contributed by atoms with Gasteiger partial charge in [0, 0.05) is 46.3 Å². The fourth-order valence-corrected chi connectivity index (χ4v) is 10.1. The Bertz CT molecular complexity index is 1290. The van der Waals surface area contributed by atoms with E-state index >= 15 is 0 Å². The molecule has 0 atom stereocenters. The van der Waals surface area contributed by atoms with Crippen molar-refractivity contribution in [2.45, 2.75) is 193 Å². The summed E-state index contributed by atoms with van der Waals surface area (Å²) in [7, 11) is 4.64. The highest BCUT2D eigenvalue weighted by atomic mass is 16.5. The zero-order valence-electron chi connectivity index (χ0n) is 35.2. The minimum absolute atomic E-state index is 0.0623. The first-order chi connectivity index (χ1) is 23.0.